The number of nitrogens with zero attached hydrogens (tertiary/aromatic N) is 1. The number of nitrogens with one attached hydrogen (secondary N) is 1. The molecule has 1 heterocycles. The van der Waals surface area contributed by atoms with Gasteiger partial charge < -0.3 is 14.0 Å². The Kier molecular flexibility index (Phi) is 4.76. The Morgan fingerprint density at radius 1 is 1.33 bits per heavy atom. The minimum atomic E-state index is -0.0479. The molecule has 5 nitrogen and oxygen atoms in total. The lowest BCUT2D eigenvalue weighted by atomic mass is 10.1. The fourth-order valence-electron chi connectivity index (χ4n) is 2.44. The van der Waals surface area contributed by atoms with Gasteiger partial charge in [-0.15, -0.1) is 0 Å². The lowest BCUT2D eigenvalue weighted by Crippen LogP contribution is -1.94. The van der Waals surface area contributed by atoms with Crippen molar-refractivity contribution >= 4 is 34.5 Å². The van der Waals surface area contributed by atoms with Crippen LogP contribution in [0.1, 0.15) is 29.8 Å². The number of hydrogen-bond donors (Lipinski definition) is 1. The largest absolute Gasteiger partial charge is 0.496 e. The highest BCUT2D eigenvalue weighted by Crippen LogP contribution is 2.34. The number of para-hydroxylation sites is 1. The summed E-state index contributed by atoms with van der Waals surface area (Å²) in [5.41, 5.74) is 2.26. The minimum Gasteiger partial charge on any atom is -0.496 e. The highest BCUT2D eigenvalue weighted by atomic mass is 32.2. The number of benzene rings is 2. The van der Waals surface area contributed by atoms with E-state index in [-0.39, 0.29) is 5.78 Å². The normalized spacial score (nSPS) is 10.8. The van der Waals surface area contributed by atoms with E-state index < -0.39 is 0 Å². The average molecular weight is 342 g/mol. The van der Waals surface area contributed by atoms with Crippen LogP contribution in [0, 0.1) is 0 Å². The number of Topliss-reactive ketones (excluding diaryl/α,β-unsaturated/α-hetero) is 1. The molecular formula is C18H18N2O3S. The molecule has 0 fully saturated rings. The van der Waals surface area contributed by atoms with Crippen LogP contribution in [-0.2, 0) is 6.42 Å². The number of ether oxygens (including phenoxy) is 1. The molecule has 0 aliphatic heterocycles. The Balaban J connectivity index is 1.89. The van der Waals surface area contributed by atoms with Gasteiger partial charge in [0.05, 0.1) is 23.0 Å². The third kappa shape index (κ3) is 3.10. The number of aryl methyl sites for hydroxylation is 1. The van der Waals surface area contributed by atoms with Crippen molar-refractivity contribution in [2.24, 2.45) is 0 Å². The molecule has 1 N–H and O–H groups in total. The van der Waals surface area contributed by atoms with Crippen molar-refractivity contribution in [3.8, 4) is 5.75 Å². The Morgan fingerprint density at radius 3 is 2.88 bits per heavy atom. The van der Waals surface area contributed by atoms with Crippen LogP contribution < -0.4 is 9.46 Å². The highest BCUT2D eigenvalue weighted by Gasteiger charge is 2.15. The fourth-order valence-corrected chi connectivity index (χ4v) is 3.25. The second kappa shape index (κ2) is 6.97. The molecule has 0 radical (unpaired) electrons. The lowest BCUT2D eigenvalue weighted by molar-refractivity contribution is 0.101. The molecule has 24 heavy (non-hydrogen) atoms. The van der Waals surface area contributed by atoms with E-state index >= 15 is 0 Å². The number of carbonyl (C=O) groups excluding carboxylic acids is 1. The first-order valence-corrected chi connectivity index (χ1v) is 8.44. The molecule has 3 aromatic rings. The molecule has 0 spiro atoms. The molecule has 0 unspecified atom stereocenters. The zero-order chi connectivity index (χ0) is 17.1. The molecule has 0 atom stereocenters. The number of methoxy groups -OCH3 is 1. The van der Waals surface area contributed by atoms with Crippen LogP contribution in [0.5, 0.6) is 5.75 Å². The van der Waals surface area contributed by atoms with Crippen molar-refractivity contribution in [3.63, 3.8) is 0 Å². The first-order valence-electron chi connectivity index (χ1n) is 7.63. The molecule has 1 aromatic heterocycles. The summed E-state index contributed by atoms with van der Waals surface area (Å²) in [5.74, 6) is 1.33. The van der Waals surface area contributed by atoms with Gasteiger partial charge in [-0.3, -0.25) is 4.79 Å². The third-order valence-corrected chi connectivity index (χ3v) is 4.61. The Bertz CT molecular complexity index is 889. The highest BCUT2D eigenvalue weighted by molar-refractivity contribution is 8.00. The van der Waals surface area contributed by atoms with Crippen molar-refractivity contribution in [1.29, 1.82) is 0 Å². The van der Waals surface area contributed by atoms with E-state index in [1.165, 1.54) is 24.4 Å². The van der Waals surface area contributed by atoms with Crippen LogP contribution in [0.4, 0.5) is 5.82 Å². The maximum Gasteiger partial charge on any atom is 0.187 e. The zero-order valence-corrected chi connectivity index (χ0v) is 14.6. The predicted molar refractivity (Wildman–Crippen MR) is 95.9 cm³/mol. The lowest BCUT2D eigenvalue weighted by Gasteiger charge is -2.09. The van der Waals surface area contributed by atoms with Crippen molar-refractivity contribution in [3.05, 3.63) is 47.5 Å². The predicted octanol–water partition coefficient (Wildman–Crippen LogP) is 4.72. The first-order chi connectivity index (χ1) is 11.6. The Labute approximate surface area is 144 Å². The SMILES string of the molecule is CCc1ccc(OC)c(SNc2noc3c(C(C)=O)cccc23)c1. The number of anilines is 1. The third-order valence-electron chi connectivity index (χ3n) is 3.77. The summed E-state index contributed by atoms with van der Waals surface area (Å²) in [6.07, 6.45) is 0.951. The van der Waals surface area contributed by atoms with Crippen LogP contribution >= 0.6 is 11.9 Å². The minimum absolute atomic E-state index is 0.0479. The molecule has 124 valence electrons. The summed E-state index contributed by atoms with van der Waals surface area (Å²) >= 11 is 1.41. The van der Waals surface area contributed by atoms with E-state index in [0.717, 1.165) is 22.5 Å². The summed E-state index contributed by atoms with van der Waals surface area (Å²) in [4.78, 5) is 12.6. The maximum absolute atomic E-state index is 11.7. The molecule has 0 aliphatic rings. The summed E-state index contributed by atoms with van der Waals surface area (Å²) < 4.78 is 14.0. The second-order valence-electron chi connectivity index (χ2n) is 5.31. The van der Waals surface area contributed by atoms with Gasteiger partial charge in [-0.2, -0.15) is 0 Å². The Morgan fingerprint density at radius 2 is 2.17 bits per heavy atom. The monoisotopic (exact) mass is 342 g/mol. The number of fused-ring (bicyclic) bond motifs is 1. The molecule has 0 saturated carbocycles. The molecule has 3 rings (SSSR count). The van der Waals surface area contributed by atoms with E-state index in [2.05, 4.69) is 22.9 Å². The fraction of sp³-hybridized carbons (Fsp3) is 0.222. The summed E-state index contributed by atoms with van der Waals surface area (Å²) in [6, 6.07) is 11.5. The van der Waals surface area contributed by atoms with E-state index in [0.29, 0.717) is 17.0 Å². The van der Waals surface area contributed by atoms with Gasteiger partial charge in [-0.05, 0) is 55.1 Å². The van der Waals surface area contributed by atoms with Gasteiger partial charge >= 0.3 is 0 Å². The topological polar surface area (TPSA) is 64.4 Å². The van der Waals surface area contributed by atoms with Gasteiger partial charge in [-0.1, -0.05) is 24.2 Å². The number of hydrogen-bond acceptors (Lipinski definition) is 6. The van der Waals surface area contributed by atoms with Crippen LogP contribution in [-0.4, -0.2) is 18.0 Å². The second-order valence-corrected chi connectivity index (χ2v) is 6.16. The molecule has 0 saturated heterocycles. The molecule has 0 aliphatic carbocycles. The quantitative estimate of drug-likeness (QED) is 0.516. The van der Waals surface area contributed by atoms with Gasteiger partial charge in [0.25, 0.3) is 0 Å². The molecular weight excluding hydrogens is 324 g/mol. The number of aromatic nitrogens is 1. The number of rotatable bonds is 6. The van der Waals surface area contributed by atoms with Crippen LogP contribution in [0.25, 0.3) is 11.0 Å². The first kappa shape index (κ1) is 16.4. The molecule has 0 bridgehead atoms. The van der Waals surface area contributed by atoms with Crippen LogP contribution in [0.15, 0.2) is 45.8 Å². The van der Waals surface area contributed by atoms with Crippen molar-refractivity contribution in [1.82, 2.24) is 5.16 Å². The van der Waals surface area contributed by atoms with Gasteiger partial charge in [0, 0.05) is 0 Å². The molecule has 0 amide bonds. The summed E-state index contributed by atoms with van der Waals surface area (Å²) in [5, 5.41) is 4.83. The van der Waals surface area contributed by atoms with Gasteiger partial charge in [0.2, 0.25) is 0 Å². The summed E-state index contributed by atoms with van der Waals surface area (Å²) in [6.45, 7) is 3.62. The van der Waals surface area contributed by atoms with Crippen LogP contribution in [0.2, 0.25) is 0 Å². The number of carbonyl (C=O) groups is 1. The van der Waals surface area contributed by atoms with Crippen molar-refractivity contribution < 1.29 is 14.1 Å². The molecule has 2 aromatic carbocycles. The van der Waals surface area contributed by atoms with E-state index in [9.17, 15) is 4.79 Å². The van der Waals surface area contributed by atoms with Crippen LogP contribution in [0.3, 0.4) is 0 Å². The maximum atomic E-state index is 11.7. The van der Waals surface area contributed by atoms with E-state index in [1.54, 1.807) is 13.2 Å². The van der Waals surface area contributed by atoms with Crippen molar-refractivity contribution in [2.45, 2.75) is 25.2 Å². The smallest absolute Gasteiger partial charge is 0.187 e. The zero-order valence-electron chi connectivity index (χ0n) is 13.8. The summed E-state index contributed by atoms with van der Waals surface area (Å²) in [7, 11) is 1.65. The standard InChI is InChI=1S/C18H18N2O3S/c1-4-12-8-9-15(22-3)16(10-12)24-20-18-14-7-5-6-13(11(2)21)17(14)23-19-18/h5-10H,4H2,1-3H3,(H,19,20). The van der Waals surface area contributed by atoms with Crippen molar-refractivity contribution in [2.75, 3.05) is 11.8 Å². The number of ketones is 1. The van der Waals surface area contributed by atoms with Gasteiger partial charge in [-0.25, -0.2) is 0 Å². The van der Waals surface area contributed by atoms with E-state index in [4.69, 9.17) is 9.26 Å². The van der Waals surface area contributed by atoms with Gasteiger partial charge in [0.15, 0.2) is 17.2 Å². The van der Waals surface area contributed by atoms with E-state index in [1.807, 2.05) is 24.3 Å². The molecule has 6 heteroatoms. The average Bonchev–Trinajstić information content (AvgIpc) is 3.02. The van der Waals surface area contributed by atoms with Gasteiger partial charge in [0.1, 0.15) is 5.75 Å². The Hall–Kier alpha value is -2.47.